The number of carbonyl (C=O) groups excluding carboxylic acids is 1. The minimum Gasteiger partial charge on any atom is -0.354 e. The van der Waals surface area contributed by atoms with Crippen LogP contribution in [0.5, 0.6) is 0 Å². The number of hydrogen-bond acceptors (Lipinski definition) is 4. The van der Waals surface area contributed by atoms with Gasteiger partial charge in [0.25, 0.3) is 0 Å². The van der Waals surface area contributed by atoms with Crippen LogP contribution in [0, 0.1) is 0 Å². The van der Waals surface area contributed by atoms with Crippen LogP contribution in [0.1, 0.15) is 6.42 Å². The molecule has 1 fully saturated rings. The molecule has 1 aliphatic heterocycles. The number of nitrogens with zero attached hydrogens (tertiary/aromatic N) is 1. The van der Waals surface area contributed by atoms with Crippen molar-refractivity contribution in [1.29, 1.82) is 0 Å². The van der Waals surface area contributed by atoms with Gasteiger partial charge in [0, 0.05) is 42.4 Å². The Labute approximate surface area is 99.4 Å². The largest absolute Gasteiger partial charge is 0.354 e. The van der Waals surface area contributed by atoms with E-state index in [1.807, 2.05) is 0 Å². The second kappa shape index (κ2) is 7.76. The average molecular weight is 247 g/mol. The molecule has 1 amide bonds. The van der Waals surface area contributed by atoms with Crippen molar-refractivity contribution >= 4 is 16.7 Å². The minimum absolute atomic E-state index is 0.0346. The van der Waals surface area contributed by atoms with E-state index in [4.69, 9.17) is 0 Å². The summed E-state index contributed by atoms with van der Waals surface area (Å²) in [5.74, 6) is 0.570. The van der Waals surface area contributed by atoms with E-state index in [0.29, 0.717) is 18.8 Å². The molecule has 0 spiro atoms. The maximum absolute atomic E-state index is 11.5. The Balaban J connectivity index is 2.14. The topological polar surface area (TPSA) is 61.4 Å². The van der Waals surface area contributed by atoms with E-state index in [1.165, 1.54) is 0 Å². The first-order valence-electron chi connectivity index (χ1n) is 5.68. The van der Waals surface area contributed by atoms with Crippen molar-refractivity contribution in [1.82, 2.24) is 15.5 Å². The molecular formula is C10H21N3O2S. The fourth-order valence-corrected chi connectivity index (χ4v) is 2.04. The summed E-state index contributed by atoms with van der Waals surface area (Å²) in [6, 6.07) is 0. The van der Waals surface area contributed by atoms with Gasteiger partial charge in [-0.3, -0.25) is 13.9 Å². The lowest BCUT2D eigenvalue weighted by atomic mass is 10.4. The van der Waals surface area contributed by atoms with Crippen LogP contribution in [-0.4, -0.2) is 66.3 Å². The lowest BCUT2D eigenvalue weighted by Gasteiger charge is -2.18. The van der Waals surface area contributed by atoms with Crippen molar-refractivity contribution in [2.24, 2.45) is 0 Å². The summed E-state index contributed by atoms with van der Waals surface area (Å²) in [7, 11) is -0.830. The lowest BCUT2D eigenvalue weighted by molar-refractivity contribution is -0.122. The molecule has 0 aromatic carbocycles. The standard InChI is InChI=1S/C10H21N3O2S/c1-16(15)8-5-12-10(14)9-13-6-2-3-11-4-7-13/h11H,2-9H2,1H3,(H,12,14). The molecule has 1 saturated heterocycles. The third-order valence-corrected chi connectivity index (χ3v) is 3.29. The maximum atomic E-state index is 11.5. The van der Waals surface area contributed by atoms with Crippen molar-refractivity contribution < 1.29 is 9.00 Å². The molecule has 6 heteroatoms. The Kier molecular flexibility index (Phi) is 6.59. The summed E-state index contributed by atoms with van der Waals surface area (Å²) in [6.07, 6.45) is 2.74. The van der Waals surface area contributed by atoms with Gasteiger partial charge < -0.3 is 10.6 Å². The summed E-state index contributed by atoms with van der Waals surface area (Å²) in [5.41, 5.74) is 0. The molecular weight excluding hydrogens is 226 g/mol. The molecule has 1 unspecified atom stereocenters. The van der Waals surface area contributed by atoms with Gasteiger partial charge in [0.15, 0.2) is 0 Å². The van der Waals surface area contributed by atoms with E-state index >= 15 is 0 Å². The number of nitrogens with one attached hydrogen (secondary N) is 2. The van der Waals surface area contributed by atoms with E-state index in [9.17, 15) is 9.00 Å². The Hall–Kier alpha value is -0.460. The monoisotopic (exact) mass is 247 g/mol. The summed E-state index contributed by atoms with van der Waals surface area (Å²) in [6.45, 7) is 4.85. The zero-order chi connectivity index (χ0) is 11.8. The van der Waals surface area contributed by atoms with Gasteiger partial charge in [0.05, 0.1) is 6.54 Å². The highest BCUT2D eigenvalue weighted by Gasteiger charge is 2.11. The predicted molar refractivity (Wildman–Crippen MR) is 65.9 cm³/mol. The second-order valence-corrected chi connectivity index (χ2v) is 5.56. The zero-order valence-corrected chi connectivity index (χ0v) is 10.6. The van der Waals surface area contributed by atoms with Crippen LogP contribution in [0.4, 0.5) is 0 Å². The molecule has 1 rings (SSSR count). The molecule has 16 heavy (non-hydrogen) atoms. The Morgan fingerprint density at radius 2 is 2.25 bits per heavy atom. The van der Waals surface area contributed by atoms with Gasteiger partial charge in [-0.1, -0.05) is 0 Å². The van der Waals surface area contributed by atoms with Crippen molar-refractivity contribution in [2.45, 2.75) is 6.42 Å². The fraction of sp³-hybridized carbons (Fsp3) is 0.900. The summed E-state index contributed by atoms with van der Waals surface area (Å²) in [4.78, 5) is 13.7. The quantitative estimate of drug-likeness (QED) is 0.639. The molecule has 0 saturated carbocycles. The highest BCUT2D eigenvalue weighted by molar-refractivity contribution is 7.84. The number of hydrogen-bond donors (Lipinski definition) is 2. The van der Waals surface area contributed by atoms with Gasteiger partial charge in [0.1, 0.15) is 0 Å². The molecule has 1 aliphatic rings. The predicted octanol–water partition coefficient (Wildman–Crippen LogP) is -1.22. The van der Waals surface area contributed by atoms with E-state index in [-0.39, 0.29) is 5.91 Å². The van der Waals surface area contributed by atoms with Gasteiger partial charge in [-0.15, -0.1) is 0 Å². The van der Waals surface area contributed by atoms with Gasteiger partial charge in [-0.05, 0) is 19.5 Å². The first-order valence-corrected chi connectivity index (χ1v) is 7.41. The Bertz CT molecular complexity index is 240. The van der Waals surface area contributed by atoms with Crippen LogP contribution in [0.25, 0.3) is 0 Å². The molecule has 0 aromatic rings. The summed E-state index contributed by atoms with van der Waals surface area (Å²) < 4.78 is 10.8. The molecule has 1 atom stereocenters. The number of amides is 1. The van der Waals surface area contributed by atoms with Crippen molar-refractivity contribution in [3.63, 3.8) is 0 Å². The van der Waals surface area contributed by atoms with E-state index < -0.39 is 10.8 Å². The molecule has 0 radical (unpaired) electrons. The van der Waals surface area contributed by atoms with Crippen LogP contribution in [0.2, 0.25) is 0 Å². The van der Waals surface area contributed by atoms with Gasteiger partial charge >= 0.3 is 0 Å². The SMILES string of the molecule is CS(=O)CCNC(=O)CN1CCCNCC1. The lowest BCUT2D eigenvalue weighted by Crippen LogP contribution is -2.40. The fourth-order valence-electron chi connectivity index (χ4n) is 1.65. The molecule has 1 heterocycles. The van der Waals surface area contributed by atoms with Gasteiger partial charge in [-0.25, -0.2) is 0 Å². The van der Waals surface area contributed by atoms with Crippen LogP contribution >= 0.6 is 0 Å². The van der Waals surface area contributed by atoms with Crippen molar-refractivity contribution in [3.8, 4) is 0 Å². The van der Waals surface area contributed by atoms with E-state index in [0.717, 1.165) is 32.6 Å². The van der Waals surface area contributed by atoms with Gasteiger partial charge in [0.2, 0.25) is 5.91 Å². The summed E-state index contributed by atoms with van der Waals surface area (Å²) >= 11 is 0. The molecule has 5 nitrogen and oxygen atoms in total. The van der Waals surface area contributed by atoms with Crippen LogP contribution in [0.15, 0.2) is 0 Å². The van der Waals surface area contributed by atoms with Crippen molar-refractivity contribution in [3.05, 3.63) is 0 Å². The molecule has 0 aliphatic carbocycles. The van der Waals surface area contributed by atoms with Crippen LogP contribution < -0.4 is 10.6 Å². The average Bonchev–Trinajstić information content (AvgIpc) is 2.45. The van der Waals surface area contributed by atoms with E-state index in [2.05, 4.69) is 15.5 Å². The molecule has 0 aromatic heterocycles. The van der Waals surface area contributed by atoms with E-state index in [1.54, 1.807) is 6.26 Å². The molecule has 2 N–H and O–H groups in total. The van der Waals surface area contributed by atoms with Gasteiger partial charge in [-0.2, -0.15) is 0 Å². The first kappa shape index (κ1) is 13.6. The number of carbonyl (C=O) groups is 1. The third-order valence-electron chi connectivity index (χ3n) is 2.51. The maximum Gasteiger partial charge on any atom is 0.234 e. The number of rotatable bonds is 5. The highest BCUT2D eigenvalue weighted by atomic mass is 32.2. The third kappa shape index (κ3) is 6.19. The first-order chi connectivity index (χ1) is 7.68. The summed E-state index contributed by atoms with van der Waals surface area (Å²) in [5, 5.41) is 6.08. The van der Waals surface area contributed by atoms with Crippen molar-refractivity contribution in [2.75, 3.05) is 51.3 Å². The molecule has 94 valence electrons. The molecule has 0 bridgehead atoms. The Morgan fingerprint density at radius 3 is 3.00 bits per heavy atom. The second-order valence-electron chi connectivity index (χ2n) is 4.01. The zero-order valence-electron chi connectivity index (χ0n) is 9.83. The van der Waals surface area contributed by atoms with Crippen LogP contribution in [0.3, 0.4) is 0 Å². The normalized spacial score (nSPS) is 20.1. The smallest absolute Gasteiger partial charge is 0.234 e. The minimum atomic E-state index is -0.830. The highest BCUT2D eigenvalue weighted by Crippen LogP contribution is 1.94. The Morgan fingerprint density at radius 1 is 1.44 bits per heavy atom. The van der Waals surface area contributed by atoms with Crippen LogP contribution in [-0.2, 0) is 15.6 Å².